The van der Waals surface area contributed by atoms with Crippen LogP contribution in [0.15, 0.2) is 16.9 Å². The number of nitrogens with zero attached hydrogens (tertiary/aromatic N) is 3. The Hall–Kier alpha value is -2.11. The topological polar surface area (TPSA) is 75.9 Å². The summed E-state index contributed by atoms with van der Waals surface area (Å²) in [6, 6.07) is 1.84. The molecule has 6 nitrogen and oxygen atoms in total. The molecule has 108 valence electrons. The van der Waals surface area contributed by atoms with Gasteiger partial charge in [0.2, 0.25) is 0 Å². The van der Waals surface area contributed by atoms with Gasteiger partial charge in [0, 0.05) is 24.6 Å². The molecule has 0 saturated carbocycles. The number of hydrogen-bond acceptors (Lipinski definition) is 6. The lowest BCUT2D eigenvalue weighted by atomic mass is 10.2. The molecule has 2 aromatic rings. The lowest BCUT2D eigenvalue weighted by Gasteiger charge is -2.13. The van der Waals surface area contributed by atoms with Gasteiger partial charge in [-0.3, -0.25) is 0 Å². The molecule has 0 amide bonds. The second-order valence-corrected chi connectivity index (χ2v) is 4.59. The van der Waals surface area contributed by atoms with E-state index >= 15 is 0 Å². The molecule has 6 heteroatoms. The summed E-state index contributed by atoms with van der Waals surface area (Å²) in [6.45, 7) is 7.62. The lowest BCUT2D eigenvalue weighted by Crippen LogP contribution is -2.11. The van der Waals surface area contributed by atoms with Crippen LogP contribution < -0.4 is 10.6 Å². The molecule has 0 fully saturated rings. The fourth-order valence-corrected chi connectivity index (χ4v) is 1.91. The highest BCUT2D eigenvalue weighted by molar-refractivity contribution is 5.57. The van der Waals surface area contributed by atoms with E-state index < -0.39 is 0 Å². The Labute approximate surface area is 119 Å². The van der Waals surface area contributed by atoms with Crippen LogP contribution in [-0.4, -0.2) is 21.7 Å². The maximum atomic E-state index is 4.82. The van der Waals surface area contributed by atoms with Crippen molar-refractivity contribution < 1.29 is 4.52 Å². The smallest absolute Gasteiger partial charge is 0.135 e. The first kappa shape index (κ1) is 14.3. The fraction of sp³-hybridized carbons (Fsp3) is 0.500. The average Bonchev–Trinajstić information content (AvgIpc) is 2.94. The molecule has 0 aromatic carbocycles. The second-order valence-electron chi connectivity index (χ2n) is 4.59. The molecule has 2 heterocycles. The van der Waals surface area contributed by atoms with Gasteiger partial charge in [-0.2, -0.15) is 0 Å². The van der Waals surface area contributed by atoms with E-state index in [9.17, 15) is 0 Å². The van der Waals surface area contributed by atoms with Crippen molar-refractivity contribution in [2.24, 2.45) is 0 Å². The quantitative estimate of drug-likeness (QED) is 0.809. The minimum Gasteiger partial charge on any atom is -0.370 e. The monoisotopic (exact) mass is 275 g/mol. The third-order valence-corrected chi connectivity index (χ3v) is 2.94. The number of hydrogen-bond donors (Lipinski definition) is 2. The van der Waals surface area contributed by atoms with Gasteiger partial charge in [-0.05, 0) is 20.3 Å². The van der Waals surface area contributed by atoms with E-state index in [-0.39, 0.29) is 0 Å². The predicted octanol–water partition coefficient (Wildman–Crippen LogP) is 2.77. The Balaban J connectivity index is 2.20. The van der Waals surface area contributed by atoms with Crippen LogP contribution in [0.25, 0.3) is 0 Å². The second kappa shape index (κ2) is 6.88. The zero-order valence-electron chi connectivity index (χ0n) is 12.2. The highest BCUT2D eigenvalue weighted by Gasteiger charge is 2.10. The zero-order chi connectivity index (χ0) is 14.4. The Morgan fingerprint density at radius 2 is 1.90 bits per heavy atom. The third kappa shape index (κ3) is 3.46. The van der Waals surface area contributed by atoms with E-state index in [0.717, 1.165) is 48.1 Å². The summed E-state index contributed by atoms with van der Waals surface area (Å²) in [5.41, 5.74) is 1.88. The molecular weight excluding hydrogens is 254 g/mol. The summed E-state index contributed by atoms with van der Waals surface area (Å²) in [4.78, 5) is 9.14. The molecular formula is C14H21N5O. The average molecular weight is 275 g/mol. The summed E-state index contributed by atoms with van der Waals surface area (Å²) in [6.07, 6.45) is 3.46. The minimum atomic E-state index is 0.589. The predicted molar refractivity (Wildman–Crippen MR) is 78.8 cm³/mol. The van der Waals surface area contributed by atoms with Crippen molar-refractivity contribution in [3.63, 3.8) is 0 Å². The zero-order valence-corrected chi connectivity index (χ0v) is 12.2. The van der Waals surface area contributed by atoms with Crippen LogP contribution in [0.3, 0.4) is 0 Å². The van der Waals surface area contributed by atoms with E-state index in [0.29, 0.717) is 6.54 Å². The molecule has 0 aliphatic rings. The maximum Gasteiger partial charge on any atom is 0.135 e. The Kier molecular flexibility index (Phi) is 4.92. The summed E-state index contributed by atoms with van der Waals surface area (Å²) in [5.74, 6) is 2.60. The van der Waals surface area contributed by atoms with Gasteiger partial charge in [-0.1, -0.05) is 12.1 Å². The molecule has 0 atom stereocenters. The minimum absolute atomic E-state index is 0.589. The van der Waals surface area contributed by atoms with Crippen LogP contribution >= 0.6 is 0 Å². The first-order valence-electron chi connectivity index (χ1n) is 6.99. The molecule has 0 unspecified atom stereocenters. The fourth-order valence-electron chi connectivity index (χ4n) is 1.91. The van der Waals surface area contributed by atoms with E-state index in [1.54, 1.807) is 6.26 Å². The standard InChI is InChI=1S/C14H21N5O/c1-4-6-12-17-13(15-5-2)10(3)14(18-12)16-9-11-7-8-20-19-11/h7-8H,4-6,9H2,1-3H3,(H2,15,16,17,18). The van der Waals surface area contributed by atoms with Crippen molar-refractivity contribution in [2.75, 3.05) is 17.2 Å². The van der Waals surface area contributed by atoms with Gasteiger partial charge < -0.3 is 15.2 Å². The first-order chi connectivity index (χ1) is 9.74. The molecule has 0 aliphatic carbocycles. The Bertz CT molecular complexity index is 539. The SMILES string of the molecule is CCCc1nc(NCC)c(C)c(NCc2ccon2)n1. The largest absolute Gasteiger partial charge is 0.370 e. The number of rotatable bonds is 7. The number of anilines is 2. The first-order valence-corrected chi connectivity index (χ1v) is 6.99. The van der Waals surface area contributed by atoms with Crippen LogP contribution in [0, 0.1) is 6.92 Å². The highest BCUT2D eigenvalue weighted by Crippen LogP contribution is 2.21. The number of aromatic nitrogens is 3. The van der Waals surface area contributed by atoms with Crippen molar-refractivity contribution in [3.05, 3.63) is 29.4 Å². The molecule has 2 N–H and O–H groups in total. The van der Waals surface area contributed by atoms with E-state index in [4.69, 9.17) is 4.52 Å². The summed E-state index contributed by atoms with van der Waals surface area (Å²) >= 11 is 0. The van der Waals surface area contributed by atoms with Crippen molar-refractivity contribution in [3.8, 4) is 0 Å². The van der Waals surface area contributed by atoms with Gasteiger partial charge in [0.25, 0.3) is 0 Å². The summed E-state index contributed by atoms with van der Waals surface area (Å²) in [5, 5.41) is 10.5. The van der Waals surface area contributed by atoms with Gasteiger partial charge in [-0.25, -0.2) is 9.97 Å². The van der Waals surface area contributed by atoms with Crippen LogP contribution in [0.5, 0.6) is 0 Å². The molecule has 0 saturated heterocycles. The van der Waals surface area contributed by atoms with Gasteiger partial charge in [-0.15, -0.1) is 0 Å². The normalized spacial score (nSPS) is 10.6. The van der Waals surface area contributed by atoms with Crippen molar-refractivity contribution in [1.29, 1.82) is 0 Å². The number of aryl methyl sites for hydroxylation is 1. The summed E-state index contributed by atoms with van der Waals surface area (Å²) in [7, 11) is 0. The van der Waals surface area contributed by atoms with Gasteiger partial charge in [0.05, 0.1) is 6.54 Å². The Morgan fingerprint density at radius 1 is 1.15 bits per heavy atom. The molecule has 2 aromatic heterocycles. The van der Waals surface area contributed by atoms with Crippen molar-refractivity contribution in [2.45, 2.75) is 40.2 Å². The molecule has 0 radical (unpaired) electrons. The van der Waals surface area contributed by atoms with Gasteiger partial charge in [0.1, 0.15) is 29.4 Å². The van der Waals surface area contributed by atoms with Crippen molar-refractivity contribution in [1.82, 2.24) is 15.1 Å². The Morgan fingerprint density at radius 3 is 2.50 bits per heavy atom. The van der Waals surface area contributed by atoms with E-state index in [1.165, 1.54) is 0 Å². The molecule has 0 aliphatic heterocycles. The van der Waals surface area contributed by atoms with Crippen LogP contribution in [0.4, 0.5) is 11.6 Å². The molecule has 0 bridgehead atoms. The number of nitrogens with one attached hydrogen (secondary N) is 2. The molecule has 0 spiro atoms. The molecule has 2 rings (SSSR count). The third-order valence-electron chi connectivity index (χ3n) is 2.94. The van der Waals surface area contributed by atoms with E-state index in [1.807, 2.05) is 13.0 Å². The van der Waals surface area contributed by atoms with Gasteiger partial charge >= 0.3 is 0 Å². The van der Waals surface area contributed by atoms with Crippen LogP contribution in [-0.2, 0) is 13.0 Å². The van der Waals surface area contributed by atoms with E-state index in [2.05, 4.69) is 39.6 Å². The van der Waals surface area contributed by atoms with Crippen molar-refractivity contribution >= 4 is 11.6 Å². The maximum absolute atomic E-state index is 4.82. The van der Waals surface area contributed by atoms with Crippen LogP contribution in [0.2, 0.25) is 0 Å². The van der Waals surface area contributed by atoms with Crippen LogP contribution in [0.1, 0.15) is 37.4 Å². The molecule has 20 heavy (non-hydrogen) atoms. The van der Waals surface area contributed by atoms with Gasteiger partial charge in [0.15, 0.2) is 0 Å². The lowest BCUT2D eigenvalue weighted by molar-refractivity contribution is 0.412. The highest BCUT2D eigenvalue weighted by atomic mass is 16.5. The summed E-state index contributed by atoms with van der Waals surface area (Å²) < 4.78 is 4.82.